The summed E-state index contributed by atoms with van der Waals surface area (Å²) in [4.78, 5) is 33.1. The molecule has 0 atom stereocenters. The van der Waals surface area contributed by atoms with Crippen molar-refractivity contribution in [2.24, 2.45) is 0 Å². The van der Waals surface area contributed by atoms with Crippen molar-refractivity contribution in [3.05, 3.63) is 23.8 Å². The van der Waals surface area contributed by atoms with Gasteiger partial charge in [0, 0.05) is 20.3 Å². The van der Waals surface area contributed by atoms with E-state index < -0.39 is 11.9 Å². The molecule has 0 aliphatic carbocycles. The van der Waals surface area contributed by atoms with Gasteiger partial charge in [0.05, 0.1) is 7.11 Å². The average molecular weight is 280 g/mol. The van der Waals surface area contributed by atoms with Crippen LogP contribution >= 0.6 is 0 Å². The molecule has 1 aromatic rings. The summed E-state index contributed by atoms with van der Waals surface area (Å²) < 4.78 is 14.5. The molecule has 0 saturated heterocycles. The Bertz CT molecular complexity index is 520. The van der Waals surface area contributed by atoms with Gasteiger partial charge in [0.25, 0.3) is 0 Å². The number of carbonyl (C=O) groups is 3. The van der Waals surface area contributed by atoms with Crippen molar-refractivity contribution in [3.63, 3.8) is 0 Å². The monoisotopic (exact) mass is 280 g/mol. The Morgan fingerprint density at radius 3 is 2.15 bits per heavy atom. The summed E-state index contributed by atoms with van der Waals surface area (Å²) in [6.45, 7) is 2.50. The smallest absolute Gasteiger partial charge is 0.308 e. The van der Waals surface area contributed by atoms with Crippen molar-refractivity contribution in [3.8, 4) is 11.5 Å². The normalized spacial score (nSPS) is 9.75. The first kappa shape index (κ1) is 15.7. The zero-order valence-electron chi connectivity index (χ0n) is 11.6. The van der Waals surface area contributed by atoms with Gasteiger partial charge in [-0.3, -0.25) is 14.4 Å². The van der Waals surface area contributed by atoms with Crippen molar-refractivity contribution in [2.75, 3.05) is 7.11 Å². The Kier molecular flexibility index (Phi) is 5.71. The van der Waals surface area contributed by atoms with Crippen LogP contribution in [-0.4, -0.2) is 25.0 Å². The lowest BCUT2D eigenvalue weighted by atomic mass is 10.1. The van der Waals surface area contributed by atoms with Crippen molar-refractivity contribution in [2.45, 2.75) is 26.7 Å². The van der Waals surface area contributed by atoms with Gasteiger partial charge in [-0.25, -0.2) is 0 Å². The van der Waals surface area contributed by atoms with Crippen LogP contribution in [0.15, 0.2) is 18.2 Å². The van der Waals surface area contributed by atoms with Gasteiger partial charge in [-0.2, -0.15) is 0 Å². The maximum atomic E-state index is 11.1. The summed E-state index contributed by atoms with van der Waals surface area (Å²) in [6.07, 6.45) is 0.643. The zero-order valence-corrected chi connectivity index (χ0v) is 11.6. The Labute approximate surface area is 116 Å². The molecule has 0 fully saturated rings. The molecule has 0 amide bonds. The third-order valence-corrected chi connectivity index (χ3v) is 2.36. The topological polar surface area (TPSA) is 78.9 Å². The number of aryl methyl sites for hydroxylation is 1. The minimum atomic E-state index is -0.525. The summed E-state index contributed by atoms with van der Waals surface area (Å²) in [5.41, 5.74) is 0.766. The van der Waals surface area contributed by atoms with E-state index >= 15 is 0 Å². The molecule has 0 saturated carbocycles. The number of hydrogen-bond donors (Lipinski definition) is 0. The quantitative estimate of drug-likeness (QED) is 0.602. The average Bonchev–Trinajstić information content (AvgIpc) is 2.37. The molecule has 20 heavy (non-hydrogen) atoms. The lowest BCUT2D eigenvalue weighted by Gasteiger charge is -2.10. The van der Waals surface area contributed by atoms with E-state index in [0.717, 1.165) is 5.56 Å². The molecule has 1 rings (SSSR count). The van der Waals surface area contributed by atoms with Crippen LogP contribution in [0.5, 0.6) is 11.5 Å². The van der Waals surface area contributed by atoms with Gasteiger partial charge < -0.3 is 14.2 Å². The van der Waals surface area contributed by atoms with E-state index in [0.29, 0.717) is 6.42 Å². The number of carbonyl (C=O) groups excluding carboxylic acids is 3. The fourth-order valence-electron chi connectivity index (χ4n) is 1.53. The first-order valence-corrected chi connectivity index (χ1v) is 5.99. The maximum Gasteiger partial charge on any atom is 0.308 e. The van der Waals surface area contributed by atoms with E-state index in [9.17, 15) is 14.4 Å². The number of methoxy groups -OCH3 is 1. The van der Waals surface area contributed by atoms with Crippen LogP contribution < -0.4 is 9.47 Å². The summed E-state index contributed by atoms with van der Waals surface area (Å²) in [5, 5.41) is 0. The molecule has 0 spiro atoms. The van der Waals surface area contributed by atoms with Crippen LogP contribution in [0.2, 0.25) is 0 Å². The van der Waals surface area contributed by atoms with Crippen molar-refractivity contribution >= 4 is 17.9 Å². The number of hydrogen-bond acceptors (Lipinski definition) is 6. The fraction of sp³-hybridized carbons (Fsp3) is 0.357. The largest absolute Gasteiger partial charge is 0.469 e. The Morgan fingerprint density at radius 1 is 1.00 bits per heavy atom. The Hall–Kier alpha value is -2.37. The summed E-state index contributed by atoms with van der Waals surface area (Å²) in [7, 11) is 1.32. The van der Waals surface area contributed by atoms with Crippen LogP contribution in [0.1, 0.15) is 25.8 Å². The molecule has 0 aromatic heterocycles. The van der Waals surface area contributed by atoms with E-state index in [2.05, 4.69) is 4.74 Å². The highest BCUT2D eigenvalue weighted by Gasteiger charge is 2.12. The highest BCUT2D eigenvalue weighted by Crippen LogP contribution is 2.29. The van der Waals surface area contributed by atoms with E-state index in [4.69, 9.17) is 9.47 Å². The summed E-state index contributed by atoms with van der Waals surface area (Å²) in [6, 6.07) is 4.77. The molecule has 0 bridgehead atoms. The second kappa shape index (κ2) is 7.28. The maximum absolute atomic E-state index is 11.1. The van der Waals surface area contributed by atoms with Gasteiger partial charge in [0.1, 0.15) is 0 Å². The number of esters is 3. The van der Waals surface area contributed by atoms with Crippen molar-refractivity contribution < 1.29 is 28.6 Å². The van der Waals surface area contributed by atoms with E-state index in [1.165, 1.54) is 27.0 Å². The minimum absolute atomic E-state index is 0.148. The highest BCUT2D eigenvalue weighted by molar-refractivity contribution is 5.74. The molecule has 6 nitrogen and oxygen atoms in total. The predicted molar refractivity (Wildman–Crippen MR) is 69.4 cm³/mol. The van der Waals surface area contributed by atoms with Crippen molar-refractivity contribution in [1.82, 2.24) is 0 Å². The van der Waals surface area contributed by atoms with Crippen molar-refractivity contribution in [1.29, 1.82) is 0 Å². The van der Waals surface area contributed by atoms with Crippen LogP contribution in [0.4, 0.5) is 0 Å². The zero-order chi connectivity index (χ0) is 15.1. The molecular formula is C14H16O6. The predicted octanol–water partition coefficient (Wildman–Crippen LogP) is 1.64. The Morgan fingerprint density at radius 2 is 1.60 bits per heavy atom. The van der Waals surface area contributed by atoms with Crippen LogP contribution in [0.25, 0.3) is 0 Å². The molecule has 0 N–H and O–H groups in total. The molecule has 0 aliphatic rings. The highest BCUT2D eigenvalue weighted by atomic mass is 16.6. The molecule has 0 aliphatic heterocycles. The molecular weight excluding hydrogens is 264 g/mol. The second-order valence-corrected chi connectivity index (χ2v) is 4.04. The van der Waals surface area contributed by atoms with Gasteiger partial charge in [-0.05, 0) is 24.1 Å². The number of ether oxygens (including phenoxy) is 3. The lowest BCUT2D eigenvalue weighted by molar-refractivity contribution is -0.140. The van der Waals surface area contributed by atoms with Gasteiger partial charge in [-0.15, -0.1) is 0 Å². The molecule has 1 aromatic carbocycles. The van der Waals surface area contributed by atoms with Gasteiger partial charge >= 0.3 is 17.9 Å². The van der Waals surface area contributed by atoms with Gasteiger partial charge in [0.15, 0.2) is 11.5 Å². The van der Waals surface area contributed by atoms with E-state index in [-0.39, 0.29) is 23.9 Å². The summed E-state index contributed by atoms with van der Waals surface area (Å²) >= 11 is 0. The standard InChI is InChI=1S/C14H16O6/c1-9(15)19-12-6-4-11(5-7-14(17)18-3)8-13(12)20-10(2)16/h4,6,8H,5,7H2,1-3H3. The van der Waals surface area contributed by atoms with E-state index in [1.807, 2.05) is 0 Å². The third-order valence-electron chi connectivity index (χ3n) is 2.36. The number of benzene rings is 1. The second-order valence-electron chi connectivity index (χ2n) is 4.04. The van der Waals surface area contributed by atoms with Gasteiger partial charge in [0.2, 0.25) is 0 Å². The molecule has 108 valence electrons. The Balaban J connectivity index is 2.91. The lowest BCUT2D eigenvalue weighted by Crippen LogP contribution is -2.08. The molecule has 0 radical (unpaired) electrons. The SMILES string of the molecule is COC(=O)CCc1ccc(OC(C)=O)c(OC(C)=O)c1. The van der Waals surface area contributed by atoms with Crippen LogP contribution in [0.3, 0.4) is 0 Å². The fourth-order valence-corrected chi connectivity index (χ4v) is 1.53. The van der Waals surface area contributed by atoms with E-state index in [1.54, 1.807) is 12.1 Å². The molecule has 6 heteroatoms. The van der Waals surface area contributed by atoms with Gasteiger partial charge in [-0.1, -0.05) is 6.07 Å². The summed E-state index contributed by atoms with van der Waals surface area (Å²) in [5.74, 6) is -1.06. The van der Waals surface area contributed by atoms with Crippen LogP contribution in [-0.2, 0) is 25.5 Å². The molecule has 0 unspecified atom stereocenters. The van der Waals surface area contributed by atoms with Crippen LogP contribution in [0, 0.1) is 0 Å². The third kappa shape index (κ3) is 5.09. The number of rotatable bonds is 5. The minimum Gasteiger partial charge on any atom is -0.469 e. The molecule has 0 heterocycles. The first-order chi connectivity index (χ1) is 9.42. The first-order valence-electron chi connectivity index (χ1n) is 5.99.